The number of hydrogen-bond acceptors (Lipinski definition) is 6. The van der Waals surface area contributed by atoms with E-state index in [1.807, 2.05) is 0 Å². The van der Waals surface area contributed by atoms with Gasteiger partial charge in [-0.25, -0.2) is 4.39 Å². The van der Waals surface area contributed by atoms with Crippen molar-refractivity contribution in [3.8, 4) is 34.5 Å². The Kier molecular flexibility index (Phi) is 7.33. The summed E-state index contributed by atoms with van der Waals surface area (Å²) in [5.41, 5.74) is 1.01. The zero-order chi connectivity index (χ0) is 23.1. The lowest BCUT2D eigenvalue weighted by Crippen LogP contribution is -2.01. The van der Waals surface area contributed by atoms with E-state index < -0.39 is 0 Å². The Bertz CT molecular complexity index is 1100. The van der Waals surface area contributed by atoms with Crippen molar-refractivity contribution in [2.24, 2.45) is 0 Å². The number of ketones is 1. The SMILES string of the molecule is COc1ccc(C(=O)/C=C/c2ccc(F)cc2)c(Oc2cc(OC)c(OC)c(OC)c2)c1. The zero-order valence-electron chi connectivity index (χ0n) is 18.2. The molecule has 3 rings (SSSR count). The Hall–Kier alpha value is -4.00. The van der Waals surface area contributed by atoms with Gasteiger partial charge in [0.15, 0.2) is 17.3 Å². The van der Waals surface area contributed by atoms with Gasteiger partial charge in [0.2, 0.25) is 5.75 Å². The van der Waals surface area contributed by atoms with Gasteiger partial charge in [0.25, 0.3) is 0 Å². The van der Waals surface area contributed by atoms with E-state index in [9.17, 15) is 9.18 Å². The van der Waals surface area contributed by atoms with Crippen LogP contribution in [0.3, 0.4) is 0 Å². The molecule has 7 heteroatoms. The van der Waals surface area contributed by atoms with Gasteiger partial charge in [0.1, 0.15) is 23.1 Å². The van der Waals surface area contributed by atoms with E-state index in [0.29, 0.717) is 39.9 Å². The molecule has 0 aliphatic heterocycles. The summed E-state index contributed by atoms with van der Waals surface area (Å²) in [6.45, 7) is 0. The molecule has 0 aromatic heterocycles. The fraction of sp³-hybridized carbons (Fsp3) is 0.160. The van der Waals surface area contributed by atoms with Gasteiger partial charge in [-0.15, -0.1) is 0 Å². The van der Waals surface area contributed by atoms with Gasteiger partial charge in [0.05, 0.1) is 34.0 Å². The van der Waals surface area contributed by atoms with Gasteiger partial charge in [-0.05, 0) is 35.9 Å². The van der Waals surface area contributed by atoms with Crippen LogP contribution in [0.4, 0.5) is 4.39 Å². The molecule has 0 amide bonds. The number of allylic oxidation sites excluding steroid dienone is 1. The third-order valence-electron chi connectivity index (χ3n) is 4.62. The number of ether oxygens (including phenoxy) is 5. The van der Waals surface area contributed by atoms with Crippen LogP contribution < -0.4 is 23.7 Å². The van der Waals surface area contributed by atoms with E-state index >= 15 is 0 Å². The molecule has 166 valence electrons. The molecule has 32 heavy (non-hydrogen) atoms. The highest BCUT2D eigenvalue weighted by Crippen LogP contribution is 2.42. The zero-order valence-corrected chi connectivity index (χ0v) is 18.2. The molecule has 0 saturated heterocycles. The van der Waals surface area contributed by atoms with Crippen molar-refractivity contribution in [3.05, 3.63) is 77.6 Å². The van der Waals surface area contributed by atoms with E-state index in [1.54, 1.807) is 48.5 Å². The van der Waals surface area contributed by atoms with Crippen LogP contribution in [0, 0.1) is 5.82 Å². The summed E-state index contributed by atoms with van der Waals surface area (Å²) < 4.78 is 40.5. The molecular weight excluding hydrogens is 415 g/mol. The van der Waals surface area contributed by atoms with Crippen molar-refractivity contribution < 1.29 is 32.9 Å². The normalized spacial score (nSPS) is 10.7. The molecule has 0 fully saturated rings. The molecule has 0 N–H and O–H groups in total. The summed E-state index contributed by atoms with van der Waals surface area (Å²) in [4.78, 5) is 12.9. The van der Waals surface area contributed by atoms with Gasteiger partial charge in [-0.2, -0.15) is 0 Å². The molecule has 0 radical (unpaired) electrons. The average molecular weight is 438 g/mol. The van der Waals surface area contributed by atoms with Crippen LogP contribution in [0.5, 0.6) is 34.5 Å². The van der Waals surface area contributed by atoms with Crippen LogP contribution in [-0.4, -0.2) is 34.2 Å². The highest BCUT2D eigenvalue weighted by molar-refractivity contribution is 6.08. The lowest BCUT2D eigenvalue weighted by atomic mass is 10.1. The summed E-state index contributed by atoms with van der Waals surface area (Å²) in [5, 5.41) is 0. The van der Waals surface area contributed by atoms with Crippen molar-refractivity contribution in [1.82, 2.24) is 0 Å². The maximum absolute atomic E-state index is 13.1. The fourth-order valence-electron chi connectivity index (χ4n) is 3.00. The van der Waals surface area contributed by atoms with Crippen molar-refractivity contribution >= 4 is 11.9 Å². The Labute approximate surface area is 185 Å². The Morgan fingerprint density at radius 2 is 1.38 bits per heavy atom. The number of benzene rings is 3. The molecule has 0 aliphatic rings. The van der Waals surface area contributed by atoms with E-state index in [-0.39, 0.29) is 17.3 Å². The number of halogens is 1. The number of carbonyl (C=O) groups excluding carboxylic acids is 1. The summed E-state index contributed by atoms with van der Waals surface area (Å²) in [6, 6.07) is 14.0. The topological polar surface area (TPSA) is 63.2 Å². The smallest absolute Gasteiger partial charge is 0.203 e. The first-order chi connectivity index (χ1) is 15.5. The second kappa shape index (κ2) is 10.3. The number of rotatable bonds is 9. The van der Waals surface area contributed by atoms with Crippen LogP contribution in [-0.2, 0) is 0 Å². The Balaban J connectivity index is 1.96. The third kappa shape index (κ3) is 5.18. The molecule has 0 heterocycles. The number of carbonyl (C=O) groups is 1. The Morgan fingerprint density at radius 3 is 1.94 bits per heavy atom. The maximum Gasteiger partial charge on any atom is 0.203 e. The highest BCUT2D eigenvalue weighted by atomic mass is 19.1. The number of methoxy groups -OCH3 is 4. The predicted molar refractivity (Wildman–Crippen MR) is 119 cm³/mol. The molecular formula is C25H23FO6. The fourth-order valence-corrected chi connectivity index (χ4v) is 3.00. The van der Waals surface area contributed by atoms with E-state index in [1.165, 1.54) is 46.6 Å². The van der Waals surface area contributed by atoms with E-state index in [2.05, 4.69) is 0 Å². The molecule has 0 atom stereocenters. The van der Waals surface area contributed by atoms with Crippen LogP contribution in [0.2, 0.25) is 0 Å². The average Bonchev–Trinajstić information content (AvgIpc) is 2.82. The van der Waals surface area contributed by atoms with Crippen LogP contribution in [0.1, 0.15) is 15.9 Å². The van der Waals surface area contributed by atoms with Crippen molar-refractivity contribution in [1.29, 1.82) is 0 Å². The predicted octanol–water partition coefficient (Wildman–Crippen LogP) is 5.55. The quantitative estimate of drug-likeness (QED) is 0.323. The minimum Gasteiger partial charge on any atom is -0.497 e. The minimum absolute atomic E-state index is 0.285. The highest BCUT2D eigenvalue weighted by Gasteiger charge is 2.17. The van der Waals surface area contributed by atoms with Crippen molar-refractivity contribution in [2.45, 2.75) is 0 Å². The molecule has 3 aromatic carbocycles. The van der Waals surface area contributed by atoms with Crippen molar-refractivity contribution in [3.63, 3.8) is 0 Å². The molecule has 0 unspecified atom stereocenters. The lowest BCUT2D eigenvalue weighted by Gasteiger charge is -2.16. The second-order valence-electron chi connectivity index (χ2n) is 6.57. The van der Waals surface area contributed by atoms with E-state index in [4.69, 9.17) is 23.7 Å². The van der Waals surface area contributed by atoms with Gasteiger partial charge in [-0.3, -0.25) is 4.79 Å². The van der Waals surface area contributed by atoms with Gasteiger partial charge < -0.3 is 23.7 Å². The molecule has 3 aromatic rings. The molecule has 0 spiro atoms. The van der Waals surface area contributed by atoms with Crippen molar-refractivity contribution in [2.75, 3.05) is 28.4 Å². The third-order valence-corrected chi connectivity index (χ3v) is 4.62. The first-order valence-electron chi connectivity index (χ1n) is 9.63. The van der Waals surface area contributed by atoms with Gasteiger partial charge >= 0.3 is 0 Å². The summed E-state index contributed by atoms with van der Waals surface area (Å²) in [6.07, 6.45) is 3.01. The van der Waals surface area contributed by atoms with Gasteiger partial charge in [0, 0.05) is 18.2 Å². The molecule has 6 nitrogen and oxygen atoms in total. The van der Waals surface area contributed by atoms with E-state index in [0.717, 1.165) is 0 Å². The summed E-state index contributed by atoms with van der Waals surface area (Å²) in [7, 11) is 6.03. The molecule has 0 saturated carbocycles. The second-order valence-corrected chi connectivity index (χ2v) is 6.57. The summed E-state index contributed by atoms with van der Waals surface area (Å²) in [5.74, 6) is 1.79. The van der Waals surface area contributed by atoms with Crippen LogP contribution in [0.25, 0.3) is 6.08 Å². The maximum atomic E-state index is 13.1. The molecule has 0 aliphatic carbocycles. The first-order valence-corrected chi connectivity index (χ1v) is 9.63. The van der Waals surface area contributed by atoms with Crippen LogP contribution in [0.15, 0.2) is 60.7 Å². The van der Waals surface area contributed by atoms with Crippen LogP contribution >= 0.6 is 0 Å². The number of hydrogen-bond donors (Lipinski definition) is 0. The lowest BCUT2D eigenvalue weighted by molar-refractivity contribution is 0.104. The molecule has 0 bridgehead atoms. The monoisotopic (exact) mass is 438 g/mol. The summed E-state index contributed by atoms with van der Waals surface area (Å²) >= 11 is 0. The largest absolute Gasteiger partial charge is 0.497 e. The standard InChI is InChI=1S/C25H23FO6/c1-28-18-10-11-20(21(27)12-7-16-5-8-17(26)9-6-16)22(13-18)32-19-14-23(29-2)25(31-4)24(15-19)30-3/h5-15H,1-4H3/b12-7+. The minimum atomic E-state index is -0.343. The first kappa shape index (κ1) is 22.7. The van der Waals surface area contributed by atoms with Gasteiger partial charge in [-0.1, -0.05) is 18.2 Å². The Morgan fingerprint density at radius 1 is 0.750 bits per heavy atom.